The molecule has 2 aromatic heterocycles. The molecule has 0 spiro atoms. The van der Waals surface area contributed by atoms with Crippen LogP contribution in [-0.4, -0.2) is 39.4 Å². The molecule has 0 atom stereocenters. The van der Waals surface area contributed by atoms with Gasteiger partial charge < -0.3 is 10.1 Å². The van der Waals surface area contributed by atoms with Crippen molar-refractivity contribution in [3.05, 3.63) is 55.6 Å². The average molecular weight is 505 g/mol. The van der Waals surface area contributed by atoms with Crippen LogP contribution >= 0.6 is 34.7 Å². The molecule has 8 nitrogen and oxygen atoms in total. The molecule has 2 heterocycles. The van der Waals surface area contributed by atoms with Crippen LogP contribution in [0.2, 0.25) is 5.02 Å². The molecule has 11 heteroatoms. The molecular formula is C22H21ClN4O4S2. The Morgan fingerprint density at radius 3 is 2.70 bits per heavy atom. The Kier molecular flexibility index (Phi) is 7.46. The molecule has 4 rings (SSSR count). The Bertz CT molecular complexity index is 1240. The Morgan fingerprint density at radius 2 is 1.97 bits per heavy atom. The van der Waals surface area contributed by atoms with Crippen molar-refractivity contribution in [1.82, 2.24) is 15.2 Å². The quantitative estimate of drug-likeness (QED) is 0.363. The maximum atomic E-state index is 12.6. The molecule has 1 aliphatic carbocycles. The van der Waals surface area contributed by atoms with E-state index in [9.17, 15) is 14.4 Å². The van der Waals surface area contributed by atoms with Gasteiger partial charge in [0.15, 0.2) is 10.9 Å². The lowest BCUT2D eigenvalue weighted by Crippen LogP contribution is -2.18. The number of esters is 1. The van der Waals surface area contributed by atoms with Crippen LogP contribution in [0.4, 0.5) is 5.00 Å². The summed E-state index contributed by atoms with van der Waals surface area (Å²) in [7, 11) is 0. The summed E-state index contributed by atoms with van der Waals surface area (Å²) < 4.78 is 5.22. The third-order valence-electron chi connectivity index (χ3n) is 5.04. The van der Waals surface area contributed by atoms with Crippen LogP contribution in [0.5, 0.6) is 0 Å². The lowest BCUT2D eigenvalue weighted by molar-refractivity contribution is -0.113. The number of rotatable bonds is 7. The Hall–Kier alpha value is -2.69. The van der Waals surface area contributed by atoms with Gasteiger partial charge in [0.25, 0.3) is 5.56 Å². The molecule has 0 unspecified atom stereocenters. The van der Waals surface area contributed by atoms with Gasteiger partial charge in [-0.2, -0.15) is 0 Å². The van der Waals surface area contributed by atoms with Crippen LogP contribution in [0.3, 0.4) is 0 Å². The second-order valence-corrected chi connectivity index (χ2v) is 9.79. The van der Waals surface area contributed by atoms with Crippen molar-refractivity contribution >= 4 is 51.6 Å². The zero-order valence-electron chi connectivity index (χ0n) is 17.8. The SMILES string of the molecule is CCOC(=O)c1c(NC(=O)CSc2nnc(-c3ccc(Cl)cc3)c(=O)[nH]2)sc2c1CCCC2. The standard InChI is InChI=1S/C22H21ClN4O4S2/c1-2-31-21(30)17-14-5-3-4-6-15(14)33-20(17)24-16(28)11-32-22-25-19(29)18(26-27-22)12-7-9-13(23)10-8-12/h7-10H,2-6,11H2,1H3,(H,24,28)(H,25,27,29). The fraction of sp³-hybridized carbons (Fsp3) is 0.318. The molecule has 33 heavy (non-hydrogen) atoms. The van der Waals surface area contributed by atoms with Crippen molar-refractivity contribution in [2.45, 2.75) is 37.8 Å². The highest BCUT2D eigenvalue weighted by Gasteiger charge is 2.27. The highest BCUT2D eigenvalue weighted by atomic mass is 35.5. The maximum Gasteiger partial charge on any atom is 0.341 e. The first-order chi connectivity index (χ1) is 16.0. The topological polar surface area (TPSA) is 114 Å². The van der Waals surface area contributed by atoms with E-state index >= 15 is 0 Å². The number of amides is 1. The first-order valence-corrected chi connectivity index (χ1v) is 12.6. The zero-order valence-corrected chi connectivity index (χ0v) is 20.2. The van der Waals surface area contributed by atoms with Crippen LogP contribution in [0.1, 0.15) is 40.6 Å². The number of hydrogen-bond acceptors (Lipinski definition) is 8. The normalized spacial score (nSPS) is 12.8. The summed E-state index contributed by atoms with van der Waals surface area (Å²) in [6, 6.07) is 6.70. The van der Waals surface area contributed by atoms with Crippen molar-refractivity contribution in [3.8, 4) is 11.3 Å². The average Bonchev–Trinajstić information content (AvgIpc) is 3.16. The molecule has 1 aromatic carbocycles. The number of carbonyl (C=O) groups excluding carboxylic acids is 2. The van der Waals surface area contributed by atoms with Gasteiger partial charge >= 0.3 is 5.97 Å². The Balaban J connectivity index is 1.44. The summed E-state index contributed by atoms with van der Waals surface area (Å²) >= 11 is 8.36. The number of nitrogens with zero attached hydrogens (tertiary/aromatic N) is 2. The van der Waals surface area contributed by atoms with Gasteiger partial charge in [0.1, 0.15) is 5.00 Å². The van der Waals surface area contributed by atoms with Gasteiger partial charge in [-0.25, -0.2) is 4.79 Å². The minimum atomic E-state index is -0.411. The molecule has 2 N–H and O–H groups in total. The number of nitrogens with one attached hydrogen (secondary N) is 2. The summed E-state index contributed by atoms with van der Waals surface area (Å²) in [6.07, 6.45) is 3.78. The summed E-state index contributed by atoms with van der Waals surface area (Å²) in [4.78, 5) is 41.3. The number of benzene rings is 1. The van der Waals surface area contributed by atoms with Crippen molar-refractivity contribution in [2.75, 3.05) is 17.7 Å². The number of H-pyrrole nitrogens is 1. The highest BCUT2D eigenvalue weighted by Crippen LogP contribution is 2.38. The second-order valence-electron chi connectivity index (χ2n) is 7.29. The Labute approximate surface area is 203 Å². The van der Waals surface area contributed by atoms with E-state index in [4.69, 9.17) is 16.3 Å². The number of thioether (sulfide) groups is 1. The first kappa shape index (κ1) is 23.5. The fourth-order valence-electron chi connectivity index (χ4n) is 3.55. The van der Waals surface area contributed by atoms with E-state index in [1.807, 2.05) is 0 Å². The summed E-state index contributed by atoms with van der Waals surface area (Å²) in [5, 5.41) is 12.1. The molecule has 3 aromatic rings. The van der Waals surface area contributed by atoms with Crippen LogP contribution in [-0.2, 0) is 22.4 Å². The smallest absolute Gasteiger partial charge is 0.341 e. The largest absolute Gasteiger partial charge is 0.462 e. The first-order valence-electron chi connectivity index (χ1n) is 10.4. The van der Waals surface area contributed by atoms with Crippen LogP contribution in [0.25, 0.3) is 11.3 Å². The zero-order chi connectivity index (χ0) is 23.4. The number of thiophene rings is 1. The maximum absolute atomic E-state index is 12.6. The lowest BCUT2D eigenvalue weighted by atomic mass is 9.95. The summed E-state index contributed by atoms with van der Waals surface area (Å²) in [5.74, 6) is -0.725. The van der Waals surface area contributed by atoms with E-state index < -0.39 is 11.5 Å². The van der Waals surface area contributed by atoms with Crippen LogP contribution in [0.15, 0.2) is 34.2 Å². The second kappa shape index (κ2) is 10.5. The number of fused-ring (bicyclic) bond motifs is 1. The van der Waals surface area contributed by atoms with Crippen molar-refractivity contribution in [2.24, 2.45) is 0 Å². The molecule has 0 radical (unpaired) electrons. The third-order valence-corrected chi connectivity index (χ3v) is 7.36. The number of carbonyl (C=O) groups is 2. The highest BCUT2D eigenvalue weighted by molar-refractivity contribution is 7.99. The molecule has 0 aliphatic heterocycles. The number of aromatic amines is 1. The van der Waals surface area contributed by atoms with E-state index in [2.05, 4.69) is 20.5 Å². The van der Waals surface area contributed by atoms with Crippen molar-refractivity contribution in [1.29, 1.82) is 0 Å². The van der Waals surface area contributed by atoms with E-state index in [1.54, 1.807) is 31.2 Å². The van der Waals surface area contributed by atoms with E-state index in [-0.39, 0.29) is 29.1 Å². The fourth-order valence-corrected chi connectivity index (χ4v) is 5.58. The Morgan fingerprint density at radius 1 is 1.21 bits per heavy atom. The summed E-state index contributed by atoms with van der Waals surface area (Å²) in [5.41, 5.74) is 1.81. The predicted molar refractivity (Wildman–Crippen MR) is 129 cm³/mol. The van der Waals surface area contributed by atoms with Gasteiger partial charge in [0.05, 0.1) is 17.9 Å². The number of hydrogen-bond donors (Lipinski definition) is 2. The van der Waals surface area contributed by atoms with Crippen LogP contribution < -0.4 is 10.9 Å². The number of anilines is 1. The van der Waals surface area contributed by atoms with Crippen molar-refractivity contribution in [3.63, 3.8) is 0 Å². The minimum Gasteiger partial charge on any atom is -0.462 e. The molecule has 0 fully saturated rings. The summed E-state index contributed by atoms with van der Waals surface area (Å²) in [6.45, 7) is 2.02. The van der Waals surface area contributed by atoms with Gasteiger partial charge in [0.2, 0.25) is 5.91 Å². The van der Waals surface area contributed by atoms with E-state index in [0.29, 0.717) is 21.2 Å². The minimum absolute atomic E-state index is 0.00422. The van der Waals surface area contributed by atoms with Gasteiger partial charge in [-0.1, -0.05) is 35.5 Å². The molecule has 0 bridgehead atoms. The van der Waals surface area contributed by atoms with Gasteiger partial charge in [-0.3, -0.25) is 14.6 Å². The van der Waals surface area contributed by atoms with Crippen molar-refractivity contribution < 1.29 is 14.3 Å². The number of halogens is 1. The molecule has 0 saturated heterocycles. The van der Waals surface area contributed by atoms with Gasteiger partial charge in [-0.15, -0.1) is 21.5 Å². The molecule has 0 saturated carbocycles. The third kappa shape index (κ3) is 5.45. The van der Waals surface area contributed by atoms with E-state index in [1.165, 1.54) is 11.3 Å². The molecule has 1 amide bonds. The van der Waals surface area contributed by atoms with Gasteiger partial charge in [-0.05, 0) is 50.3 Å². The molecule has 1 aliphatic rings. The lowest BCUT2D eigenvalue weighted by Gasteiger charge is -2.12. The van der Waals surface area contributed by atoms with Crippen LogP contribution in [0, 0.1) is 0 Å². The number of aryl methyl sites for hydroxylation is 1. The number of ether oxygens (including phenoxy) is 1. The molecule has 172 valence electrons. The monoisotopic (exact) mass is 504 g/mol. The predicted octanol–water partition coefficient (Wildman–Crippen LogP) is 4.33. The van der Waals surface area contributed by atoms with E-state index in [0.717, 1.165) is 47.9 Å². The number of aromatic nitrogens is 3. The van der Waals surface area contributed by atoms with Gasteiger partial charge in [0, 0.05) is 15.5 Å². The molecular weight excluding hydrogens is 484 g/mol.